The molecule has 0 aromatic heterocycles. The highest BCUT2D eigenvalue weighted by molar-refractivity contribution is 5.74. The van der Waals surface area contributed by atoms with Crippen molar-refractivity contribution in [3.63, 3.8) is 0 Å². The standard InChI is InChI=1S/C13H23N3O3/c17-12(18)8-14-7-10-3-2-6-16(9-10)13(19)15-11-4-1-5-11/h10-11,14H,1-9H2,(H,15,19)(H,17,18). The number of nitrogens with one attached hydrogen (secondary N) is 2. The highest BCUT2D eigenvalue weighted by Gasteiger charge is 2.26. The number of likely N-dealkylation sites (tertiary alicyclic amines) is 1. The van der Waals surface area contributed by atoms with E-state index in [4.69, 9.17) is 5.11 Å². The molecule has 1 aliphatic heterocycles. The van der Waals surface area contributed by atoms with E-state index in [9.17, 15) is 9.59 Å². The lowest BCUT2D eigenvalue weighted by Crippen LogP contribution is -2.51. The number of carbonyl (C=O) groups is 2. The van der Waals surface area contributed by atoms with Crippen LogP contribution < -0.4 is 10.6 Å². The fraction of sp³-hybridized carbons (Fsp3) is 0.846. The zero-order valence-electron chi connectivity index (χ0n) is 11.2. The minimum Gasteiger partial charge on any atom is -0.480 e. The van der Waals surface area contributed by atoms with E-state index in [-0.39, 0.29) is 12.6 Å². The van der Waals surface area contributed by atoms with Gasteiger partial charge in [-0.3, -0.25) is 4.79 Å². The third-order valence-corrected chi connectivity index (χ3v) is 3.95. The molecule has 3 N–H and O–H groups in total. The van der Waals surface area contributed by atoms with Gasteiger partial charge in [0.25, 0.3) is 0 Å². The first-order valence-electron chi connectivity index (χ1n) is 7.13. The molecule has 1 saturated heterocycles. The molecule has 2 fully saturated rings. The minimum atomic E-state index is -0.838. The number of hydrogen-bond acceptors (Lipinski definition) is 3. The molecule has 1 atom stereocenters. The van der Waals surface area contributed by atoms with Crippen LogP contribution in [0.1, 0.15) is 32.1 Å². The van der Waals surface area contributed by atoms with Crippen LogP contribution in [0.15, 0.2) is 0 Å². The molecule has 0 bridgehead atoms. The Hall–Kier alpha value is -1.30. The highest BCUT2D eigenvalue weighted by Crippen LogP contribution is 2.20. The monoisotopic (exact) mass is 269 g/mol. The Kier molecular flexibility index (Phi) is 5.01. The first-order chi connectivity index (χ1) is 9.15. The first kappa shape index (κ1) is 14.1. The molecule has 108 valence electrons. The number of nitrogens with zero attached hydrogens (tertiary/aromatic N) is 1. The summed E-state index contributed by atoms with van der Waals surface area (Å²) in [7, 11) is 0. The maximum atomic E-state index is 12.0. The van der Waals surface area contributed by atoms with Crippen LogP contribution in [0.4, 0.5) is 4.79 Å². The first-order valence-corrected chi connectivity index (χ1v) is 7.13. The van der Waals surface area contributed by atoms with E-state index in [1.54, 1.807) is 0 Å². The van der Waals surface area contributed by atoms with Crippen molar-refractivity contribution in [1.82, 2.24) is 15.5 Å². The summed E-state index contributed by atoms with van der Waals surface area (Å²) in [5, 5.41) is 14.6. The van der Waals surface area contributed by atoms with Gasteiger partial charge in [-0.15, -0.1) is 0 Å². The third kappa shape index (κ3) is 4.38. The van der Waals surface area contributed by atoms with Crippen molar-refractivity contribution >= 4 is 12.0 Å². The molecule has 19 heavy (non-hydrogen) atoms. The maximum Gasteiger partial charge on any atom is 0.317 e. The Morgan fingerprint density at radius 3 is 2.63 bits per heavy atom. The van der Waals surface area contributed by atoms with Crippen molar-refractivity contribution in [3.8, 4) is 0 Å². The molecule has 6 nitrogen and oxygen atoms in total. The Morgan fingerprint density at radius 1 is 1.21 bits per heavy atom. The van der Waals surface area contributed by atoms with Crippen molar-refractivity contribution < 1.29 is 14.7 Å². The molecular weight excluding hydrogens is 246 g/mol. The maximum absolute atomic E-state index is 12.0. The van der Waals surface area contributed by atoms with Gasteiger partial charge in [0.05, 0.1) is 6.54 Å². The summed E-state index contributed by atoms with van der Waals surface area (Å²) in [4.78, 5) is 24.3. The van der Waals surface area contributed by atoms with Gasteiger partial charge in [0.2, 0.25) is 0 Å². The average Bonchev–Trinajstić information content (AvgIpc) is 2.33. The summed E-state index contributed by atoms with van der Waals surface area (Å²) in [6, 6.07) is 0.422. The molecule has 0 aromatic rings. The molecule has 0 aromatic carbocycles. The summed E-state index contributed by atoms with van der Waals surface area (Å²) in [5.74, 6) is -0.476. The van der Waals surface area contributed by atoms with E-state index in [0.717, 1.165) is 38.8 Å². The van der Waals surface area contributed by atoms with E-state index in [0.29, 0.717) is 18.5 Å². The quantitative estimate of drug-likeness (QED) is 0.684. The van der Waals surface area contributed by atoms with Gasteiger partial charge in [-0.1, -0.05) is 0 Å². The van der Waals surface area contributed by atoms with Gasteiger partial charge in [-0.2, -0.15) is 0 Å². The highest BCUT2D eigenvalue weighted by atomic mass is 16.4. The fourth-order valence-corrected chi connectivity index (χ4v) is 2.62. The number of carboxylic acid groups (broad SMARTS) is 1. The predicted molar refractivity (Wildman–Crippen MR) is 71.0 cm³/mol. The fourth-order valence-electron chi connectivity index (χ4n) is 2.62. The lowest BCUT2D eigenvalue weighted by Gasteiger charge is -2.35. The lowest BCUT2D eigenvalue weighted by molar-refractivity contribution is -0.136. The number of rotatable bonds is 5. The largest absolute Gasteiger partial charge is 0.480 e. The van der Waals surface area contributed by atoms with E-state index in [2.05, 4.69) is 10.6 Å². The van der Waals surface area contributed by atoms with Crippen LogP contribution in [0, 0.1) is 5.92 Å². The van der Waals surface area contributed by atoms with Crippen LogP contribution in [0.25, 0.3) is 0 Å². The number of amides is 2. The second-order valence-electron chi connectivity index (χ2n) is 5.56. The normalized spacial score (nSPS) is 23.8. The molecule has 1 saturated carbocycles. The second-order valence-corrected chi connectivity index (χ2v) is 5.56. The van der Waals surface area contributed by atoms with Gasteiger partial charge in [0.15, 0.2) is 0 Å². The SMILES string of the molecule is O=C(O)CNCC1CCCN(C(=O)NC2CCC2)C1. The molecule has 2 rings (SSSR count). The van der Waals surface area contributed by atoms with Gasteiger partial charge in [-0.25, -0.2) is 4.79 Å². The Morgan fingerprint density at radius 2 is 2.00 bits per heavy atom. The van der Waals surface area contributed by atoms with E-state index in [1.165, 1.54) is 6.42 Å². The topological polar surface area (TPSA) is 81.7 Å². The number of carbonyl (C=O) groups excluding carboxylic acids is 1. The van der Waals surface area contributed by atoms with Crippen LogP contribution in [0.5, 0.6) is 0 Å². The number of carboxylic acids is 1. The molecule has 1 heterocycles. The summed E-state index contributed by atoms with van der Waals surface area (Å²) in [5.41, 5.74) is 0. The molecule has 1 unspecified atom stereocenters. The smallest absolute Gasteiger partial charge is 0.317 e. The Bertz CT molecular complexity index is 331. The molecule has 2 amide bonds. The zero-order valence-corrected chi connectivity index (χ0v) is 11.2. The Balaban J connectivity index is 1.69. The predicted octanol–water partition coefficient (Wildman–Crippen LogP) is 0.635. The summed E-state index contributed by atoms with van der Waals surface area (Å²) >= 11 is 0. The minimum absolute atomic E-state index is 0.00916. The van der Waals surface area contributed by atoms with E-state index in [1.807, 2.05) is 4.90 Å². The Labute approximate surface area is 113 Å². The van der Waals surface area contributed by atoms with Crippen molar-refractivity contribution in [2.45, 2.75) is 38.1 Å². The molecule has 1 aliphatic carbocycles. The zero-order chi connectivity index (χ0) is 13.7. The van der Waals surface area contributed by atoms with Crippen LogP contribution in [0.2, 0.25) is 0 Å². The van der Waals surface area contributed by atoms with Crippen molar-refractivity contribution in [1.29, 1.82) is 0 Å². The molecule has 6 heteroatoms. The van der Waals surface area contributed by atoms with Crippen LogP contribution >= 0.6 is 0 Å². The van der Waals surface area contributed by atoms with Gasteiger partial charge < -0.3 is 20.6 Å². The van der Waals surface area contributed by atoms with Crippen molar-refractivity contribution in [3.05, 3.63) is 0 Å². The third-order valence-electron chi connectivity index (χ3n) is 3.95. The summed E-state index contributed by atoms with van der Waals surface area (Å²) in [6.45, 7) is 2.20. The summed E-state index contributed by atoms with van der Waals surface area (Å²) in [6.07, 6.45) is 5.47. The number of urea groups is 1. The molecule has 2 aliphatic rings. The summed E-state index contributed by atoms with van der Waals surface area (Å²) < 4.78 is 0. The molecular formula is C13H23N3O3. The van der Waals surface area contributed by atoms with Gasteiger partial charge in [-0.05, 0) is 38.0 Å². The van der Waals surface area contributed by atoms with Crippen LogP contribution in [-0.4, -0.2) is 54.2 Å². The number of hydrogen-bond donors (Lipinski definition) is 3. The van der Waals surface area contributed by atoms with Gasteiger partial charge in [0, 0.05) is 25.7 Å². The van der Waals surface area contributed by atoms with E-state index >= 15 is 0 Å². The van der Waals surface area contributed by atoms with Crippen LogP contribution in [0.3, 0.4) is 0 Å². The van der Waals surface area contributed by atoms with Crippen LogP contribution in [-0.2, 0) is 4.79 Å². The van der Waals surface area contributed by atoms with Crippen molar-refractivity contribution in [2.24, 2.45) is 5.92 Å². The van der Waals surface area contributed by atoms with Crippen molar-refractivity contribution in [2.75, 3.05) is 26.2 Å². The molecule has 0 spiro atoms. The second kappa shape index (κ2) is 6.75. The number of piperidine rings is 1. The van der Waals surface area contributed by atoms with Gasteiger partial charge >= 0.3 is 12.0 Å². The lowest BCUT2D eigenvalue weighted by atomic mass is 9.93. The van der Waals surface area contributed by atoms with E-state index < -0.39 is 5.97 Å². The molecule has 0 radical (unpaired) electrons. The average molecular weight is 269 g/mol. The van der Waals surface area contributed by atoms with Gasteiger partial charge in [0.1, 0.15) is 0 Å². The number of aliphatic carboxylic acids is 1.